The molecule has 2 aromatic rings. The van der Waals surface area contributed by atoms with Crippen molar-refractivity contribution in [1.29, 1.82) is 0 Å². The second-order valence-electron chi connectivity index (χ2n) is 5.95. The number of aromatic nitrogens is 1. The van der Waals surface area contributed by atoms with Crippen LogP contribution in [-0.2, 0) is 12.8 Å². The molecule has 134 valence electrons. The lowest BCUT2D eigenvalue weighted by Crippen LogP contribution is -2.37. The maximum Gasteiger partial charge on any atom is 0.265 e. The fraction of sp³-hybridized carbons (Fsp3) is 0.400. The van der Waals surface area contributed by atoms with Crippen LogP contribution in [0.4, 0.5) is 5.69 Å². The first-order valence-electron chi connectivity index (χ1n) is 8.73. The maximum absolute atomic E-state index is 13.0. The molecule has 1 heterocycles. The van der Waals surface area contributed by atoms with E-state index in [9.17, 15) is 10.0 Å². The van der Waals surface area contributed by atoms with E-state index >= 15 is 0 Å². The number of aryl methyl sites for hydroxylation is 3. The van der Waals surface area contributed by atoms with E-state index in [1.165, 1.54) is 0 Å². The van der Waals surface area contributed by atoms with E-state index < -0.39 is 0 Å². The number of anilines is 1. The van der Waals surface area contributed by atoms with E-state index in [2.05, 4.69) is 19.2 Å². The molecule has 1 aromatic heterocycles. The summed E-state index contributed by atoms with van der Waals surface area (Å²) in [5, 5.41) is 15.2. The summed E-state index contributed by atoms with van der Waals surface area (Å²) in [5.74, 6) is 0.121. The summed E-state index contributed by atoms with van der Waals surface area (Å²) >= 11 is 0. The van der Waals surface area contributed by atoms with Crippen molar-refractivity contribution in [1.82, 2.24) is 0 Å². The highest BCUT2D eigenvalue weighted by Gasteiger charge is 2.25. The molecule has 0 atom stereocenters. The standard InChI is InChI=1S/C20H26N2O3/c1-6-15-10-9-11-16(7-2)19(15)21-20(23)18-14(5)22(24)13(4)12-17(18)25-8-3/h9-12H,6-8H2,1-5H3,(H,21,23). The third-order valence-electron chi connectivity index (χ3n) is 4.34. The van der Waals surface area contributed by atoms with Gasteiger partial charge in [-0.2, -0.15) is 4.73 Å². The number of carbonyl (C=O) groups excluding carboxylic acids is 1. The highest BCUT2D eigenvalue weighted by molar-refractivity contribution is 6.07. The molecule has 0 fully saturated rings. The van der Waals surface area contributed by atoms with E-state index in [0.29, 0.717) is 23.7 Å². The maximum atomic E-state index is 13.0. The largest absolute Gasteiger partial charge is 0.618 e. The Morgan fingerprint density at radius 3 is 2.28 bits per heavy atom. The number of rotatable bonds is 6. The van der Waals surface area contributed by atoms with Crippen molar-refractivity contribution >= 4 is 11.6 Å². The SMILES string of the molecule is CCOc1cc(C)[n+]([O-])c(C)c1C(=O)Nc1c(CC)cccc1CC. The van der Waals surface area contributed by atoms with Crippen LogP contribution in [0.3, 0.4) is 0 Å². The minimum atomic E-state index is -0.318. The van der Waals surface area contributed by atoms with E-state index in [-0.39, 0.29) is 11.5 Å². The predicted octanol–water partition coefficient (Wildman–Crippen LogP) is 3.71. The molecular weight excluding hydrogens is 316 g/mol. The van der Waals surface area contributed by atoms with Crippen LogP contribution in [0.5, 0.6) is 5.75 Å². The van der Waals surface area contributed by atoms with Crippen LogP contribution in [0.1, 0.15) is 53.6 Å². The van der Waals surface area contributed by atoms with Crippen LogP contribution < -0.4 is 14.8 Å². The number of hydrogen-bond acceptors (Lipinski definition) is 3. The fourth-order valence-electron chi connectivity index (χ4n) is 2.99. The second kappa shape index (κ2) is 8.01. The van der Waals surface area contributed by atoms with Gasteiger partial charge in [0.25, 0.3) is 5.91 Å². The zero-order chi connectivity index (χ0) is 18.6. The first-order valence-corrected chi connectivity index (χ1v) is 8.73. The Kier molecular flexibility index (Phi) is 6.02. The molecule has 0 unspecified atom stereocenters. The molecule has 0 radical (unpaired) electrons. The van der Waals surface area contributed by atoms with Crippen LogP contribution in [0.2, 0.25) is 0 Å². The second-order valence-corrected chi connectivity index (χ2v) is 5.95. The molecule has 5 nitrogen and oxygen atoms in total. The number of amides is 1. The third kappa shape index (κ3) is 3.76. The Balaban J connectivity index is 2.51. The molecule has 0 saturated heterocycles. The van der Waals surface area contributed by atoms with Gasteiger partial charge in [0, 0.05) is 25.6 Å². The Bertz CT molecular complexity index is 763. The van der Waals surface area contributed by atoms with Gasteiger partial charge in [0.15, 0.2) is 5.69 Å². The highest BCUT2D eigenvalue weighted by Crippen LogP contribution is 2.26. The normalized spacial score (nSPS) is 10.6. The zero-order valence-corrected chi connectivity index (χ0v) is 15.6. The first kappa shape index (κ1) is 18.8. The molecule has 25 heavy (non-hydrogen) atoms. The average Bonchev–Trinajstić information content (AvgIpc) is 2.60. The Morgan fingerprint density at radius 1 is 1.16 bits per heavy atom. The summed E-state index contributed by atoms with van der Waals surface area (Å²) in [6.07, 6.45) is 1.63. The number of carbonyl (C=O) groups is 1. The van der Waals surface area contributed by atoms with E-state index in [1.807, 2.05) is 25.1 Å². The molecule has 0 spiro atoms. The lowest BCUT2D eigenvalue weighted by molar-refractivity contribution is -0.619. The smallest absolute Gasteiger partial charge is 0.265 e. The fourth-order valence-corrected chi connectivity index (χ4v) is 2.99. The molecule has 0 aliphatic carbocycles. The molecular formula is C20H26N2O3. The Labute approximate surface area is 149 Å². The van der Waals surface area contributed by atoms with Crippen LogP contribution in [0, 0.1) is 19.1 Å². The van der Waals surface area contributed by atoms with Gasteiger partial charge >= 0.3 is 0 Å². The number of nitrogens with zero attached hydrogens (tertiary/aromatic N) is 1. The van der Waals surface area contributed by atoms with Crippen molar-refractivity contribution in [3.8, 4) is 5.75 Å². The summed E-state index contributed by atoms with van der Waals surface area (Å²) in [6, 6.07) is 7.63. The summed E-state index contributed by atoms with van der Waals surface area (Å²) in [6.45, 7) is 9.73. The lowest BCUT2D eigenvalue weighted by Gasteiger charge is -2.17. The zero-order valence-electron chi connectivity index (χ0n) is 15.6. The van der Waals surface area contributed by atoms with E-state index in [4.69, 9.17) is 4.74 Å². The molecule has 1 aromatic carbocycles. The molecule has 0 bridgehead atoms. The number of ether oxygens (including phenoxy) is 1. The van der Waals surface area contributed by atoms with Crippen LogP contribution in [0.15, 0.2) is 24.3 Å². The number of hydrogen-bond donors (Lipinski definition) is 1. The number of para-hydroxylation sites is 1. The summed E-state index contributed by atoms with van der Waals surface area (Å²) in [4.78, 5) is 13.0. The number of benzene rings is 1. The highest BCUT2D eigenvalue weighted by atomic mass is 16.5. The van der Waals surface area contributed by atoms with Gasteiger partial charge < -0.3 is 15.3 Å². The van der Waals surface area contributed by atoms with Crippen LogP contribution in [-0.4, -0.2) is 12.5 Å². The molecule has 1 N–H and O–H groups in total. The van der Waals surface area contributed by atoms with Gasteiger partial charge in [-0.3, -0.25) is 4.79 Å². The summed E-state index contributed by atoms with van der Waals surface area (Å²) in [5.41, 5.74) is 4.11. The van der Waals surface area contributed by atoms with Gasteiger partial charge in [0.1, 0.15) is 11.3 Å². The van der Waals surface area contributed by atoms with Crippen LogP contribution >= 0.6 is 0 Å². The molecule has 1 amide bonds. The van der Waals surface area contributed by atoms with Gasteiger partial charge in [-0.1, -0.05) is 32.0 Å². The van der Waals surface area contributed by atoms with Gasteiger partial charge in [-0.25, -0.2) is 0 Å². The minimum Gasteiger partial charge on any atom is -0.618 e. The van der Waals surface area contributed by atoms with Gasteiger partial charge in [0.05, 0.1) is 6.61 Å². The van der Waals surface area contributed by atoms with Crippen LogP contribution in [0.25, 0.3) is 0 Å². The molecule has 5 heteroatoms. The Morgan fingerprint density at radius 2 is 1.76 bits per heavy atom. The Hall–Kier alpha value is -2.56. The van der Waals surface area contributed by atoms with Crippen molar-refractivity contribution in [2.45, 2.75) is 47.5 Å². The number of pyridine rings is 1. The molecule has 2 rings (SSSR count). The lowest BCUT2D eigenvalue weighted by atomic mass is 10.0. The summed E-state index contributed by atoms with van der Waals surface area (Å²) in [7, 11) is 0. The van der Waals surface area contributed by atoms with Crippen molar-refractivity contribution in [2.75, 3.05) is 11.9 Å². The molecule has 0 saturated carbocycles. The quantitative estimate of drug-likeness (QED) is 0.643. The molecule has 0 aliphatic rings. The molecule has 0 aliphatic heterocycles. The summed E-state index contributed by atoms with van der Waals surface area (Å²) < 4.78 is 6.38. The van der Waals surface area contributed by atoms with Gasteiger partial charge in [-0.15, -0.1) is 0 Å². The monoisotopic (exact) mass is 342 g/mol. The van der Waals surface area contributed by atoms with Crippen molar-refractivity contribution < 1.29 is 14.3 Å². The number of nitrogens with one attached hydrogen (secondary N) is 1. The van der Waals surface area contributed by atoms with E-state index in [1.54, 1.807) is 19.9 Å². The minimum absolute atomic E-state index is 0.287. The first-order chi connectivity index (χ1) is 11.9. The van der Waals surface area contributed by atoms with Crippen molar-refractivity contribution in [3.05, 3.63) is 57.6 Å². The predicted molar refractivity (Wildman–Crippen MR) is 99.2 cm³/mol. The van der Waals surface area contributed by atoms with E-state index in [0.717, 1.165) is 34.4 Å². The van der Waals surface area contributed by atoms with Gasteiger partial charge in [0.2, 0.25) is 5.69 Å². The third-order valence-corrected chi connectivity index (χ3v) is 4.34. The van der Waals surface area contributed by atoms with Crippen molar-refractivity contribution in [2.24, 2.45) is 0 Å². The topological polar surface area (TPSA) is 65.3 Å². The van der Waals surface area contributed by atoms with Gasteiger partial charge in [-0.05, 0) is 30.9 Å². The van der Waals surface area contributed by atoms with Crippen molar-refractivity contribution in [3.63, 3.8) is 0 Å². The average molecular weight is 342 g/mol.